The molecule has 1 heterocycles. The summed E-state index contributed by atoms with van der Waals surface area (Å²) in [5, 5.41) is 16.2. The minimum absolute atomic E-state index is 0.611. The van der Waals surface area contributed by atoms with Gasteiger partial charge in [-0.3, -0.25) is 0 Å². The SMILES string of the molecule is CC.CC(C)(O)O.CCCC1CCCO1. The first-order valence-corrected chi connectivity index (χ1v) is 6.00. The van der Waals surface area contributed by atoms with E-state index in [2.05, 4.69) is 6.92 Å². The van der Waals surface area contributed by atoms with Crippen LogP contribution in [-0.4, -0.2) is 28.7 Å². The minimum Gasteiger partial charge on any atom is -0.378 e. The molecule has 3 nitrogen and oxygen atoms in total. The normalized spacial score (nSPS) is 19.8. The van der Waals surface area contributed by atoms with Gasteiger partial charge in [-0.1, -0.05) is 27.2 Å². The van der Waals surface area contributed by atoms with Crippen molar-refractivity contribution in [2.45, 2.75) is 72.2 Å². The lowest BCUT2D eigenvalue weighted by Gasteiger charge is -2.04. The summed E-state index contributed by atoms with van der Waals surface area (Å²) in [6.07, 6.45) is 5.73. The third-order valence-electron chi connectivity index (χ3n) is 1.63. The average molecular weight is 220 g/mol. The fraction of sp³-hybridized carbons (Fsp3) is 1.00. The lowest BCUT2D eigenvalue weighted by atomic mass is 10.1. The Morgan fingerprint density at radius 1 is 1.27 bits per heavy atom. The molecule has 0 aromatic heterocycles. The van der Waals surface area contributed by atoms with Gasteiger partial charge in [-0.2, -0.15) is 0 Å². The van der Waals surface area contributed by atoms with Crippen molar-refractivity contribution < 1.29 is 14.9 Å². The maximum absolute atomic E-state index is 8.08. The van der Waals surface area contributed by atoms with E-state index < -0.39 is 5.79 Å². The van der Waals surface area contributed by atoms with Gasteiger partial charge in [0, 0.05) is 6.61 Å². The maximum Gasteiger partial charge on any atom is 0.156 e. The molecule has 3 heteroatoms. The van der Waals surface area contributed by atoms with Crippen molar-refractivity contribution >= 4 is 0 Å². The van der Waals surface area contributed by atoms with Crippen LogP contribution in [0.5, 0.6) is 0 Å². The highest BCUT2D eigenvalue weighted by Gasteiger charge is 2.12. The molecule has 0 spiro atoms. The molecule has 0 radical (unpaired) electrons. The van der Waals surface area contributed by atoms with Crippen molar-refractivity contribution in [1.29, 1.82) is 0 Å². The van der Waals surface area contributed by atoms with Crippen LogP contribution >= 0.6 is 0 Å². The van der Waals surface area contributed by atoms with E-state index in [0.29, 0.717) is 6.10 Å². The van der Waals surface area contributed by atoms with Crippen molar-refractivity contribution in [3.8, 4) is 0 Å². The molecule has 1 aliphatic heterocycles. The number of hydrogen-bond acceptors (Lipinski definition) is 3. The number of ether oxygens (including phenoxy) is 1. The summed E-state index contributed by atoms with van der Waals surface area (Å²) >= 11 is 0. The van der Waals surface area contributed by atoms with Crippen molar-refractivity contribution in [3.63, 3.8) is 0 Å². The molecule has 15 heavy (non-hydrogen) atoms. The Kier molecular flexibility index (Phi) is 12.0. The predicted octanol–water partition coefficient (Wildman–Crippen LogP) is 2.70. The summed E-state index contributed by atoms with van der Waals surface area (Å²) in [5.41, 5.74) is 0. The molecule has 1 fully saturated rings. The highest BCUT2D eigenvalue weighted by atomic mass is 16.5. The first kappa shape index (κ1) is 17.3. The molecule has 1 unspecified atom stereocenters. The van der Waals surface area contributed by atoms with E-state index in [9.17, 15) is 0 Å². The highest BCUT2D eigenvalue weighted by Crippen LogP contribution is 2.15. The molecule has 0 aromatic rings. The lowest BCUT2D eigenvalue weighted by Crippen LogP contribution is -2.15. The van der Waals surface area contributed by atoms with Gasteiger partial charge in [-0.25, -0.2) is 0 Å². The number of aliphatic hydroxyl groups is 2. The Balaban J connectivity index is 0. The smallest absolute Gasteiger partial charge is 0.156 e. The van der Waals surface area contributed by atoms with Crippen LogP contribution in [0, 0.1) is 0 Å². The topological polar surface area (TPSA) is 49.7 Å². The van der Waals surface area contributed by atoms with Gasteiger partial charge in [-0.05, 0) is 33.1 Å². The first-order chi connectivity index (χ1) is 6.93. The summed E-state index contributed by atoms with van der Waals surface area (Å²) in [7, 11) is 0. The quantitative estimate of drug-likeness (QED) is 0.703. The summed E-state index contributed by atoms with van der Waals surface area (Å²) in [6.45, 7) is 9.81. The van der Waals surface area contributed by atoms with E-state index in [1.165, 1.54) is 39.5 Å². The zero-order valence-electron chi connectivity index (χ0n) is 10.9. The zero-order valence-corrected chi connectivity index (χ0v) is 10.9. The number of rotatable bonds is 2. The van der Waals surface area contributed by atoms with Gasteiger partial charge in [0.2, 0.25) is 0 Å². The second kappa shape index (κ2) is 10.4. The Morgan fingerprint density at radius 2 is 1.73 bits per heavy atom. The van der Waals surface area contributed by atoms with Gasteiger partial charge < -0.3 is 14.9 Å². The van der Waals surface area contributed by atoms with Crippen LogP contribution in [0.2, 0.25) is 0 Å². The van der Waals surface area contributed by atoms with E-state index in [1.54, 1.807) is 0 Å². The monoisotopic (exact) mass is 220 g/mol. The van der Waals surface area contributed by atoms with Crippen molar-refractivity contribution in [1.82, 2.24) is 0 Å². The van der Waals surface area contributed by atoms with Crippen molar-refractivity contribution in [2.24, 2.45) is 0 Å². The maximum atomic E-state index is 8.08. The molecule has 1 rings (SSSR count). The second-order valence-corrected chi connectivity index (χ2v) is 3.92. The second-order valence-electron chi connectivity index (χ2n) is 3.92. The fourth-order valence-corrected chi connectivity index (χ4v) is 1.19. The Hall–Kier alpha value is -0.120. The van der Waals surface area contributed by atoms with E-state index in [-0.39, 0.29) is 0 Å². The van der Waals surface area contributed by atoms with Gasteiger partial charge in [0.15, 0.2) is 5.79 Å². The van der Waals surface area contributed by atoms with Crippen LogP contribution in [0.25, 0.3) is 0 Å². The van der Waals surface area contributed by atoms with Crippen LogP contribution in [0.3, 0.4) is 0 Å². The van der Waals surface area contributed by atoms with Crippen LogP contribution in [0.15, 0.2) is 0 Å². The highest BCUT2D eigenvalue weighted by molar-refractivity contribution is 4.62. The van der Waals surface area contributed by atoms with E-state index in [4.69, 9.17) is 14.9 Å². The van der Waals surface area contributed by atoms with Gasteiger partial charge in [0.25, 0.3) is 0 Å². The summed E-state index contributed by atoms with van der Waals surface area (Å²) in [4.78, 5) is 0. The molecule has 0 bridgehead atoms. The lowest BCUT2D eigenvalue weighted by molar-refractivity contribution is -0.127. The molecule has 1 atom stereocenters. The Bertz CT molecular complexity index is 107. The van der Waals surface area contributed by atoms with Crippen LogP contribution in [-0.2, 0) is 4.74 Å². The molecule has 0 saturated carbocycles. The Labute approximate surface area is 94.5 Å². The Morgan fingerprint density at radius 3 is 2.00 bits per heavy atom. The molecular weight excluding hydrogens is 192 g/mol. The summed E-state index contributed by atoms with van der Waals surface area (Å²) < 4.78 is 5.39. The molecule has 94 valence electrons. The van der Waals surface area contributed by atoms with Crippen LogP contribution in [0.4, 0.5) is 0 Å². The molecular formula is C12H28O3. The van der Waals surface area contributed by atoms with Crippen molar-refractivity contribution in [3.05, 3.63) is 0 Å². The standard InChI is InChI=1S/C7H14O.C3H8O2.C2H6/c1-2-4-7-5-3-6-8-7;1-3(2,4)5;1-2/h7H,2-6H2,1H3;4-5H,1-2H3;1-2H3. The molecule has 2 N–H and O–H groups in total. The molecule has 0 amide bonds. The third kappa shape index (κ3) is 20.1. The first-order valence-electron chi connectivity index (χ1n) is 6.00. The number of hydrogen-bond donors (Lipinski definition) is 2. The van der Waals surface area contributed by atoms with Gasteiger partial charge in [0.05, 0.1) is 6.10 Å². The van der Waals surface area contributed by atoms with E-state index in [1.807, 2.05) is 13.8 Å². The fourth-order valence-electron chi connectivity index (χ4n) is 1.19. The largest absolute Gasteiger partial charge is 0.378 e. The minimum atomic E-state index is -1.50. The average Bonchev–Trinajstić information content (AvgIpc) is 2.58. The molecule has 1 saturated heterocycles. The summed E-state index contributed by atoms with van der Waals surface area (Å²) in [5.74, 6) is -1.50. The van der Waals surface area contributed by atoms with Crippen molar-refractivity contribution in [2.75, 3.05) is 6.61 Å². The van der Waals surface area contributed by atoms with Gasteiger partial charge >= 0.3 is 0 Å². The predicted molar refractivity (Wildman–Crippen MR) is 63.7 cm³/mol. The van der Waals surface area contributed by atoms with Crippen LogP contribution in [0.1, 0.15) is 60.3 Å². The van der Waals surface area contributed by atoms with E-state index >= 15 is 0 Å². The van der Waals surface area contributed by atoms with Crippen LogP contribution < -0.4 is 0 Å². The third-order valence-corrected chi connectivity index (χ3v) is 1.63. The molecule has 1 aliphatic rings. The molecule has 0 aliphatic carbocycles. The van der Waals surface area contributed by atoms with E-state index in [0.717, 1.165) is 6.61 Å². The molecule has 0 aromatic carbocycles. The summed E-state index contributed by atoms with van der Waals surface area (Å²) in [6, 6.07) is 0. The van der Waals surface area contributed by atoms with Gasteiger partial charge in [0.1, 0.15) is 0 Å². The van der Waals surface area contributed by atoms with Gasteiger partial charge in [-0.15, -0.1) is 0 Å². The zero-order chi connectivity index (χ0) is 12.3.